The highest BCUT2D eigenvalue weighted by molar-refractivity contribution is 6.32. The van der Waals surface area contributed by atoms with Crippen LogP contribution in [0.2, 0.25) is 5.02 Å². The third kappa shape index (κ3) is 5.79. The maximum Gasteiger partial charge on any atom is 0.331 e. The summed E-state index contributed by atoms with van der Waals surface area (Å²) >= 11 is 6.22. The smallest absolute Gasteiger partial charge is 0.331 e. The van der Waals surface area contributed by atoms with E-state index in [9.17, 15) is 4.79 Å². The van der Waals surface area contributed by atoms with E-state index in [0.29, 0.717) is 52.4 Å². The molecule has 3 rings (SSSR count). The first-order chi connectivity index (χ1) is 15.5. The Morgan fingerprint density at radius 3 is 2.62 bits per heavy atom. The molecule has 8 nitrogen and oxygen atoms in total. The highest BCUT2D eigenvalue weighted by atomic mass is 35.5. The van der Waals surface area contributed by atoms with Gasteiger partial charge in [-0.1, -0.05) is 28.9 Å². The number of carbonyl (C=O) groups excluding carboxylic acids is 1. The Labute approximate surface area is 190 Å². The van der Waals surface area contributed by atoms with E-state index in [1.54, 1.807) is 18.2 Å². The van der Waals surface area contributed by atoms with Gasteiger partial charge in [0.25, 0.3) is 5.89 Å². The van der Waals surface area contributed by atoms with E-state index in [0.717, 1.165) is 0 Å². The van der Waals surface area contributed by atoms with E-state index in [1.165, 1.54) is 13.2 Å². The highest BCUT2D eigenvalue weighted by Crippen LogP contribution is 2.36. The number of ether oxygens (including phenoxy) is 4. The molecule has 0 aliphatic heterocycles. The largest absolute Gasteiger partial charge is 0.493 e. The van der Waals surface area contributed by atoms with Gasteiger partial charge >= 0.3 is 5.97 Å². The number of benzene rings is 2. The second kappa shape index (κ2) is 11.2. The van der Waals surface area contributed by atoms with Gasteiger partial charge in [0.15, 0.2) is 18.1 Å². The molecule has 0 unspecified atom stereocenters. The van der Waals surface area contributed by atoms with Crippen LogP contribution in [0.1, 0.15) is 25.3 Å². The van der Waals surface area contributed by atoms with Crippen molar-refractivity contribution in [3.63, 3.8) is 0 Å². The quantitative estimate of drug-likeness (QED) is 0.311. The lowest BCUT2D eigenvalue weighted by Gasteiger charge is -2.11. The lowest BCUT2D eigenvalue weighted by Crippen LogP contribution is -2.01. The maximum absolute atomic E-state index is 12.1. The van der Waals surface area contributed by atoms with Crippen LogP contribution in [-0.4, -0.2) is 36.4 Å². The van der Waals surface area contributed by atoms with E-state index in [2.05, 4.69) is 10.1 Å². The van der Waals surface area contributed by atoms with Gasteiger partial charge in [-0.25, -0.2) is 4.79 Å². The van der Waals surface area contributed by atoms with E-state index in [1.807, 2.05) is 38.1 Å². The lowest BCUT2D eigenvalue weighted by atomic mass is 10.2. The molecule has 2 aromatic carbocycles. The molecule has 0 spiro atoms. The van der Waals surface area contributed by atoms with Crippen LogP contribution in [0.15, 0.2) is 47.0 Å². The molecule has 0 radical (unpaired) electrons. The molecule has 0 bridgehead atoms. The Bertz CT molecular complexity index is 1100. The summed E-state index contributed by atoms with van der Waals surface area (Å²) in [7, 11) is 1.51. The first-order valence-corrected chi connectivity index (χ1v) is 10.3. The molecule has 9 heteroatoms. The fraction of sp³-hybridized carbons (Fsp3) is 0.261. The number of esters is 1. The number of nitrogens with zero attached hydrogens (tertiary/aromatic N) is 2. The van der Waals surface area contributed by atoms with Gasteiger partial charge in [0.05, 0.1) is 30.9 Å². The van der Waals surface area contributed by atoms with Gasteiger partial charge in [-0.15, -0.1) is 0 Å². The predicted molar refractivity (Wildman–Crippen MR) is 119 cm³/mol. The molecule has 0 N–H and O–H groups in total. The van der Waals surface area contributed by atoms with E-state index in [4.69, 9.17) is 35.1 Å². The number of para-hydroxylation sites is 1. The van der Waals surface area contributed by atoms with Gasteiger partial charge in [-0.2, -0.15) is 4.98 Å². The van der Waals surface area contributed by atoms with Gasteiger partial charge in [0.2, 0.25) is 5.82 Å². The summed E-state index contributed by atoms with van der Waals surface area (Å²) < 4.78 is 26.7. The van der Waals surface area contributed by atoms with Crippen LogP contribution in [0.25, 0.3) is 17.5 Å². The average Bonchev–Trinajstić information content (AvgIpc) is 3.26. The zero-order valence-corrected chi connectivity index (χ0v) is 18.7. The molecule has 168 valence electrons. The van der Waals surface area contributed by atoms with Gasteiger partial charge < -0.3 is 23.5 Å². The summed E-state index contributed by atoms with van der Waals surface area (Å²) in [5, 5.41) is 4.31. The number of aromatic nitrogens is 2. The fourth-order valence-electron chi connectivity index (χ4n) is 2.85. The molecule has 0 aliphatic carbocycles. The first-order valence-electron chi connectivity index (χ1n) is 9.95. The molecule has 0 fully saturated rings. The molecule has 3 aromatic rings. The Kier molecular flexibility index (Phi) is 8.10. The van der Waals surface area contributed by atoms with Gasteiger partial charge in [0.1, 0.15) is 5.75 Å². The van der Waals surface area contributed by atoms with Crippen LogP contribution in [0.5, 0.6) is 17.2 Å². The van der Waals surface area contributed by atoms with E-state index < -0.39 is 5.97 Å². The van der Waals surface area contributed by atoms with Crippen molar-refractivity contribution in [2.45, 2.75) is 20.5 Å². The topological polar surface area (TPSA) is 92.9 Å². The standard InChI is InChI=1S/C23H23ClN2O6/c1-4-29-18-9-7-6-8-16(18)23-25-20(32-26-23)14-31-21(27)11-10-15-12-17(24)22(28-3)19(13-15)30-5-2/h6-13H,4-5,14H2,1-3H3/b11-10+. The SMILES string of the molecule is CCOc1ccccc1-c1noc(COC(=O)/C=C/c2cc(Cl)c(OC)c(OCC)c2)n1. The third-order valence-electron chi connectivity index (χ3n) is 4.18. The first kappa shape index (κ1) is 23.1. The summed E-state index contributed by atoms with van der Waals surface area (Å²) in [6, 6.07) is 10.7. The van der Waals surface area contributed by atoms with Crippen molar-refractivity contribution >= 4 is 23.6 Å². The number of methoxy groups -OCH3 is 1. The molecule has 0 aliphatic rings. The van der Waals surface area contributed by atoms with Crippen LogP contribution < -0.4 is 14.2 Å². The minimum absolute atomic E-state index is 0.166. The molecular weight excluding hydrogens is 436 g/mol. The molecular formula is C23H23ClN2O6. The zero-order valence-electron chi connectivity index (χ0n) is 18.0. The molecule has 0 amide bonds. The predicted octanol–water partition coefficient (Wildman–Crippen LogP) is 4.95. The van der Waals surface area contributed by atoms with Crippen LogP contribution in [0.3, 0.4) is 0 Å². The minimum Gasteiger partial charge on any atom is -0.493 e. The van der Waals surface area contributed by atoms with E-state index in [-0.39, 0.29) is 12.5 Å². The molecule has 0 saturated carbocycles. The van der Waals surface area contributed by atoms with Crippen LogP contribution in [0, 0.1) is 0 Å². The van der Waals surface area contributed by atoms with Crippen molar-refractivity contribution in [3.05, 3.63) is 59.0 Å². The van der Waals surface area contributed by atoms with Crippen LogP contribution >= 0.6 is 11.6 Å². The van der Waals surface area contributed by atoms with Gasteiger partial charge in [-0.05, 0) is 49.8 Å². The van der Waals surface area contributed by atoms with Crippen LogP contribution in [0.4, 0.5) is 0 Å². The van der Waals surface area contributed by atoms with E-state index >= 15 is 0 Å². The monoisotopic (exact) mass is 458 g/mol. The van der Waals surface area contributed by atoms with Crippen LogP contribution in [-0.2, 0) is 16.1 Å². The van der Waals surface area contributed by atoms with Gasteiger partial charge in [-0.3, -0.25) is 0 Å². The molecule has 0 atom stereocenters. The maximum atomic E-state index is 12.1. The number of halogens is 1. The van der Waals surface area contributed by atoms with Gasteiger partial charge in [0, 0.05) is 6.08 Å². The summed E-state index contributed by atoms with van der Waals surface area (Å²) in [4.78, 5) is 16.4. The van der Waals surface area contributed by atoms with Crippen molar-refractivity contribution in [1.29, 1.82) is 0 Å². The summed E-state index contributed by atoms with van der Waals surface area (Å²) in [5.74, 6) is 1.51. The second-order valence-corrected chi connectivity index (χ2v) is 6.76. The Hall–Kier alpha value is -3.52. The highest BCUT2D eigenvalue weighted by Gasteiger charge is 2.14. The van der Waals surface area contributed by atoms with Crippen molar-refractivity contribution in [2.24, 2.45) is 0 Å². The van der Waals surface area contributed by atoms with Crippen molar-refractivity contribution < 1.29 is 28.3 Å². The Balaban J connectivity index is 1.63. The van der Waals surface area contributed by atoms with Crippen molar-refractivity contribution in [2.75, 3.05) is 20.3 Å². The number of rotatable bonds is 10. The summed E-state index contributed by atoms with van der Waals surface area (Å²) in [5.41, 5.74) is 1.35. The molecule has 1 aromatic heterocycles. The normalized spacial score (nSPS) is 10.9. The number of hydrogen-bond acceptors (Lipinski definition) is 8. The fourth-order valence-corrected chi connectivity index (χ4v) is 3.14. The summed E-state index contributed by atoms with van der Waals surface area (Å²) in [6.07, 6.45) is 2.84. The van der Waals surface area contributed by atoms with Crippen molar-refractivity contribution in [1.82, 2.24) is 10.1 Å². The lowest BCUT2D eigenvalue weighted by molar-refractivity contribution is -0.139. The summed E-state index contributed by atoms with van der Waals surface area (Å²) in [6.45, 7) is 4.54. The van der Waals surface area contributed by atoms with Crippen molar-refractivity contribution in [3.8, 4) is 28.6 Å². The zero-order chi connectivity index (χ0) is 22.9. The average molecular weight is 459 g/mol. The number of hydrogen-bond donors (Lipinski definition) is 0. The Morgan fingerprint density at radius 1 is 1.12 bits per heavy atom. The third-order valence-corrected chi connectivity index (χ3v) is 4.46. The molecule has 32 heavy (non-hydrogen) atoms. The minimum atomic E-state index is -0.579. The second-order valence-electron chi connectivity index (χ2n) is 6.35. The number of carbonyl (C=O) groups is 1. The molecule has 1 heterocycles. The molecule has 0 saturated heterocycles. The Morgan fingerprint density at radius 2 is 1.88 bits per heavy atom.